The number of hydrogen-bond acceptors (Lipinski definition) is 4. The van der Waals surface area contributed by atoms with Crippen LogP contribution in [0.25, 0.3) is 0 Å². The van der Waals surface area contributed by atoms with Crippen LogP contribution in [0, 0.1) is 11.8 Å². The van der Waals surface area contributed by atoms with Crippen molar-refractivity contribution >= 4 is 12.0 Å². The topological polar surface area (TPSA) is 88.1 Å². The molecular formula is C24H38N2O5. The SMILES string of the molecule is CCOC(Cc1ccc(OCCN(CC2CCCC2)C(=O)NCC(C)C)cc1)C(=O)O. The second-order valence-electron chi connectivity index (χ2n) is 8.66. The van der Waals surface area contributed by atoms with E-state index >= 15 is 0 Å². The maximum absolute atomic E-state index is 12.6. The van der Waals surface area contributed by atoms with Crippen LogP contribution < -0.4 is 10.1 Å². The van der Waals surface area contributed by atoms with Gasteiger partial charge in [-0.15, -0.1) is 0 Å². The van der Waals surface area contributed by atoms with E-state index < -0.39 is 12.1 Å². The van der Waals surface area contributed by atoms with E-state index in [0.717, 1.165) is 12.1 Å². The van der Waals surface area contributed by atoms with Gasteiger partial charge in [-0.2, -0.15) is 0 Å². The van der Waals surface area contributed by atoms with E-state index in [1.54, 1.807) is 6.92 Å². The third-order valence-electron chi connectivity index (χ3n) is 5.52. The highest BCUT2D eigenvalue weighted by atomic mass is 16.5. The Balaban J connectivity index is 1.85. The van der Waals surface area contributed by atoms with Crippen LogP contribution in [0.1, 0.15) is 52.0 Å². The van der Waals surface area contributed by atoms with Crippen molar-refractivity contribution in [1.29, 1.82) is 0 Å². The molecule has 0 aromatic heterocycles. The molecule has 7 heteroatoms. The number of urea groups is 1. The van der Waals surface area contributed by atoms with Crippen molar-refractivity contribution in [3.63, 3.8) is 0 Å². The van der Waals surface area contributed by atoms with Gasteiger partial charge in [-0.05, 0) is 49.3 Å². The smallest absolute Gasteiger partial charge is 0.333 e. The molecule has 0 bridgehead atoms. The molecule has 1 saturated carbocycles. The Bertz CT molecular complexity index is 671. The average molecular weight is 435 g/mol. The predicted octanol–water partition coefficient (Wildman–Crippen LogP) is 3.96. The Hall–Kier alpha value is -2.28. The number of aliphatic carboxylic acids is 1. The predicted molar refractivity (Wildman–Crippen MR) is 120 cm³/mol. The number of carboxylic acids is 1. The molecule has 1 atom stereocenters. The van der Waals surface area contributed by atoms with Crippen molar-refractivity contribution in [3.8, 4) is 5.75 Å². The first-order valence-corrected chi connectivity index (χ1v) is 11.5. The third-order valence-corrected chi connectivity index (χ3v) is 5.52. The zero-order valence-electron chi connectivity index (χ0n) is 19.1. The van der Waals surface area contributed by atoms with Crippen molar-refractivity contribution in [3.05, 3.63) is 29.8 Å². The van der Waals surface area contributed by atoms with Crippen LogP contribution in [-0.2, 0) is 16.0 Å². The number of ether oxygens (including phenoxy) is 2. The largest absolute Gasteiger partial charge is 0.492 e. The van der Waals surface area contributed by atoms with Crippen LogP contribution >= 0.6 is 0 Å². The molecule has 1 aliphatic carbocycles. The lowest BCUT2D eigenvalue weighted by Gasteiger charge is -2.26. The van der Waals surface area contributed by atoms with Crippen LogP contribution in [0.3, 0.4) is 0 Å². The minimum Gasteiger partial charge on any atom is -0.492 e. The lowest BCUT2D eigenvalue weighted by Crippen LogP contribution is -2.45. The molecule has 7 nitrogen and oxygen atoms in total. The molecule has 2 rings (SSSR count). The number of hydrogen-bond donors (Lipinski definition) is 2. The highest BCUT2D eigenvalue weighted by Crippen LogP contribution is 2.25. The van der Waals surface area contributed by atoms with Crippen molar-refractivity contribution in [2.45, 2.75) is 59.0 Å². The second kappa shape index (κ2) is 13.2. The van der Waals surface area contributed by atoms with E-state index in [1.807, 2.05) is 29.2 Å². The Morgan fingerprint density at radius 1 is 1.19 bits per heavy atom. The summed E-state index contributed by atoms with van der Waals surface area (Å²) >= 11 is 0. The standard InChI is InChI=1S/C24H38N2O5/c1-4-30-22(23(27)28)15-19-9-11-21(12-10-19)31-14-13-26(17-20-7-5-6-8-20)24(29)25-16-18(2)3/h9-12,18,20,22H,4-8,13-17H2,1-3H3,(H,25,29)(H,27,28). The van der Waals surface area contributed by atoms with Crippen molar-refractivity contribution in [2.75, 3.05) is 32.8 Å². The van der Waals surface area contributed by atoms with Gasteiger partial charge in [0, 0.05) is 26.1 Å². The molecule has 31 heavy (non-hydrogen) atoms. The first-order valence-electron chi connectivity index (χ1n) is 11.5. The van der Waals surface area contributed by atoms with Crippen LogP contribution in [0.2, 0.25) is 0 Å². The van der Waals surface area contributed by atoms with E-state index in [4.69, 9.17) is 9.47 Å². The van der Waals surface area contributed by atoms with Gasteiger partial charge in [0.05, 0.1) is 6.54 Å². The maximum Gasteiger partial charge on any atom is 0.333 e. The van der Waals surface area contributed by atoms with E-state index in [1.165, 1.54) is 25.7 Å². The Morgan fingerprint density at radius 3 is 2.45 bits per heavy atom. The van der Waals surface area contributed by atoms with Crippen molar-refractivity contribution < 1.29 is 24.2 Å². The van der Waals surface area contributed by atoms with Gasteiger partial charge < -0.3 is 24.8 Å². The minimum atomic E-state index is -0.958. The van der Waals surface area contributed by atoms with E-state index in [-0.39, 0.29) is 6.03 Å². The molecular weight excluding hydrogens is 396 g/mol. The van der Waals surface area contributed by atoms with Gasteiger partial charge in [0.1, 0.15) is 12.4 Å². The number of benzene rings is 1. The molecule has 174 valence electrons. The molecule has 0 saturated heterocycles. The van der Waals surface area contributed by atoms with Crippen molar-refractivity contribution in [1.82, 2.24) is 10.2 Å². The molecule has 0 heterocycles. The maximum atomic E-state index is 12.6. The molecule has 2 amide bonds. The number of nitrogens with zero attached hydrogens (tertiary/aromatic N) is 1. The summed E-state index contributed by atoms with van der Waals surface area (Å²) in [6, 6.07) is 7.36. The fourth-order valence-corrected chi connectivity index (χ4v) is 3.81. The van der Waals surface area contributed by atoms with Crippen molar-refractivity contribution in [2.24, 2.45) is 11.8 Å². The van der Waals surface area contributed by atoms with Crippen LogP contribution in [-0.4, -0.2) is 61.0 Å². The van der Waals surface area contributed by atoms with E-state index in [0.29, 0.717) is 50.3 Å². The lowest BCUT2D eigenvalue weighted by atomic mass is 10.1. The second-order valence-corrected chi connectivity index (χ2v) is 8.66. The summed E-state index contributed by atoms with van der Waals surface area (Å²) in [6.07, 6.45) is 4.35. The fourth-order valence-electron chi connectivity index (χ4n) is 3.81. The summed E-state index contributed by atoms with van der Waals surface area (Å²) in [5.41, 5.74) is 0.879. The number of carbonyl (C=O) groups is 2. The highest BCUT2D eigenvalue weighted by Gasteiger charge is 2.22. The summed E-state index contributed by atoms with van der Waals surface area (Å²) in [5.74, 6) is 0.739. The number of carboxylic acid groups (broad SMARTS) is 1. The van der Waals surface area contributed by atoms with Gasteiger partial charge in [-0.25, -0.2) is 9.59 Å². The van der Waals surface area contributed by atoms with E-state index in [9.17, 15) is 14.7 Å². The molecule has 0 aliphatic heterocycles. The summed E-state index contributed by atoms with van der Waals surface area (Å²) in [6.45, 7) is 8.71. The third kappa shape index (κ3) is 9.17. The number of carbonyl (C=O) groups excluding carboxylic acids is 1. The average Bonchev–Trinajstić information content (AvgIpc) is 3.25. The summed E-state index contributed by atoms with van der Waals surface area (Å²) in [7, 11) is 0. The van der Waals surface area contributed by atoms with E-state index in [2.05, 4.69) is 19.2 Å². The van der Waals surface area contributed by atoms with Gasteiger partial charge >= 0.3 is 12.0 Å². The van der Waals surface area contributed by atoms with Gasteiger partial charge in [0.2, 0.25) is 0 Å². The monoisotopic (exact) mass is 434 g/mol. The number of nitrogens with one attached hydrogen (secondary N) is 1. The van der Waals surface area contributed by atoms with Gasteiger partial charge in [-0.1, -0.05) is 38.8 Å². The lowest BCUT2D eigenvalue weighted by molar-refractivity contribution is -0.149. The van der Waals surface area contributed by atoms with Gasteiger partial charge in [-0.3, -0.25) is 0 Å². The molecule has 1 fully saturated rings. The van der Waals surface area contributed by atoms with Crippen LogP contribution in [0.4, 0.5) is 4.79 Å². The fraction of sp³-hybridized carbons (Fsp3) is 0.667. The van der Waals surface area contributed by atoms with Gasteiger partial charge in [0.15, 0.2) is 6.10 Å². The summed E-state index contributed by atoms with van der Waals surface area (Å²) in [5, 5.41) is 12.2. The first kappa shape index (κ1) is 25.0. The zero-order chi connectivity index (χ0) is 22.6. The molecule has 1 aromatic carbocycles. The number of amides is 2. The number of rotatable bonds is 13. The van der Waals surface area contributed by atoms with Crippen LogP contribution in [0.5, 0.6) is 5.75 Å². The summed E-state index contributed by atoms with van der Waals surface area (Å²) in [4.78, 5) is 25.8. The first-order chi connectivity index (χ1) is 14.9. The Labute approximate surface area is 186 Å². The quantitative estimate of drug-likeness (QED) is 0.491. The minimum absolute atomic E-state index is 0.0183. The Kier molecular flexibility index (Phi) is 10.6. The molecule has 1 unspecified atom stereocenters. The molecule has 2 N–H and O–H groups in total. The normalized spacial score (nSPS) is 15.1. The Morgan fingerprint density at radius 2 is 1.87 bits per heavy atom. The molecule has 0 spiro atoms. The van der Waals surface area contributed by atoms with Gasteiger partial charge in [0.25, 0.3) is 0 Å². The zero-order valence-corrected chi connectivity index (χ0v) is 19.1. The highest BCUT2D eigenvalue weighted by molar-refractivity contribution is 5.74. The van der Waals surface area contributed by atoms with Crippen LogP contribution in [0.15, 0.2) is 24.3 Å². The molecule has 1 aliphatic rings. The molecule has 0 radical (unpaired) electrons. The summed E-state index contributed by atoms with van der Waals surface area (Å²) < 4.78 is 11.1. The molecule has 1 aromatic rings.